The fourth-order valence-corrected chi connectivity index (χ4v) is 3.47. The van der Waals surface area contributed by atoms with E-state index in [2.05, 4.69) is 24.0 Å². The van der Waals surface area contributed by atoms with Crippen LogP contribution in [0.15, 0.2) is 0 Å². The maximum atomic E-state index is 10.6. The Morgan fingerprint density at radius 3 is 2.33 bits per heavy atom. The van der Waals surface area contributed by atoms with Crippen LogP contribution in [0.2, 0.25) is 0 Å². The number of likely N-dealkylation sites (N-methyl/N-ethyl adjacent to an activating group) is 1. The van der Waals surface area contributed by atoms with Crippen LogP contribution in [0.3, 0.4) is 0 Å². The summed E-state index contributed by atoms with van der Waals surface area (Å²) in [6.07, 6.45) is 5.74. The highest BCUT2D eigenvalue weighted by molar-refractivity contribution is 5.51. The van der Waals surface area contributed by atoms with Gasteiger partial charge in [-0.1, -0.05) is 26.7 Å². The average Bonchev–Trinajstić information content (AvgIpc) is 2.91. The van der Waals surface area contributed by atoms with Crippen LogP contribution in [0.4, 0.5) is 5.82 Å². The van der Waals surface area contributed by atoms with Gasteiger partial charge in [-0.3, -0.25) is 0 Å². The molecule has 118 valence electrons. The van der Waals surface area contributed by atoms with Gasteiger partial charge in [0, 0.05) is 25.7 Å². The first-order valence-electron chi connectivity index (χ1n) is 8.05. The van der Waals surface area contributed by atoms with Crippen LogP contribution in [0.1, 0.15) is 56.4 Å². The topological polar surface area (TPSA) is 75.3 Å². The van der Waals surface area contributed by atoms with Gasteiger partial charge in [0.1, 0.15) is 0 Å². The van der Waals surface area contributed by atoms with Gasteiger partial charge >= 0.3 is 0 Å². The Hall–Kier alpha value is -1.20. The molecular formula is C16H28N4O. The molecule has 5 heteroatoms. The maximum absolute atomic E-state index is 10.6. The predicted octanol–water partition coefficient (Wildman–Crippen LogP) is 1.80. The smallest absolute Gasteiger partial charge is 0.155 e. The molecule has 1 saturated carbocycles. The lowest BCUT2D eigenvalue weighted by molar-refractivity contribution is 0.0557. The molecule has 0 aliphatic heterocycles. The van der Waals surface area contributed by atoms with E-state index in [0.29, 0.717) is 13.1 Å². The third-order valence-electron chi connectivity index (χ3n) is 4.57. The molecule has 2 rings (SSSR count). The van der Waals surface area contributed by atoms with E-state index in [1.54, 1.807) is 0 Å². The van der Waals surface area contributed by atoms with Crippen LogP contribution in [-0.4, -0.2) is 34.5 Å². The van der Waals surface area contributed by atoms with Crippen LogP contribution in [0, 0.1) is 0 Å². The zero-order valence-electron chi connectivity index (χ0n) is 13.5. The van der Waals surface area contributed by atoms with Crippen molar-refractivity contribution in [2.24, 2.45) is 5.73 Å². The highest BCUT2D eigenvalue weighted by atomic mass is 16.3. The van der Waals surface area contributed by atoms with Gasteiger partial charge in [0.2, 0.25) is 0 Å². The summed E-state index contributed by atoms with van der Waals surface area (Å²) in [5.74, 6) is 0.826. The molecule has 0 bridgehead atoms. The maximum Gasteiger partial charge on any atom is 0.155 e. The molecule has 0 radical (unpaired) electrons. The Bertz CT molecular complexity index is 483. The molecule has 1 heterocycles. The highest BCUT2D eigenvalue weighted by Crippen LogP contribution is 2.32. The first kappa shape index (κ1) is 16.2. The van der Waals surface area contributed by atoms with E-state index in [-0.39, 0.29) is 0 Å². The molecule has 0 atom stereocenters. The number of nitrogens with zero attached hydrogens (tertiary/aromatic N) is 3. The predicted molar refractivity (Wildman–Crippen MR) is 85.4 cm³/mol. The van der Waals surface area contributed by atoms with Crippen molar-refractivity contribution in [3.63, 3.8) is 0 Å². The van der Waals surface area contributed by atoms with Crippen molar-refractivity contribution >= 4 is 5.82 Å². The van der Waals surface area contributed by atoms with E-state index in [4.69, 9.17) is 5.73 Å². The van der Waals surface area contributed by atoms with Crippen molar-refractivity contribution in [2.45, 2.75) is 64.5 Å². The quantitative estimate of drug-likeness (QED) is 0.836. The fourth-order valence-electron chi connectivity index (χ4n) is 3.47. The summed E-state index contributed by atoms with van der Waals surface area (Å²) >= 11 is 0. The van der Waals surface area contributed by atoms with Gasteiger partial charge in [0.05, 0.1) is 11.3 Å². The third kappa shape index (κ3) is 3.35. The SMILES string of the molecule is CCc1nnc(N(C)CC2(O)CCCC2)c(CN)c1CC. The summed E-state index contributed by atoms with van der Waals surface area (Å²) in [6.45, 7) is 5.28. The van der Waals surface area contributed by atoms with Gasteiger partial charge in [0.25, 0.3) is 0 Å². The van der Waals surface area contributed by atoms with E-state index >= 15 is 0 Å². The first-order chi connectivity index (χ1) is 10.0. The molecule has 0 amide bonds. The van der Waals surface area contributed by atoms with Crippen molar-refractivity contribution in [3.05, 3.63) is 16.8 Å². The average molecular weight is 292 g/mol. The summed E-state index contributed by atoms with van der Waals surface area (Å²) in [5.41, 5.74) is 8.72. The van der Waals surface area contributed by atoms with Crippen LogP contribution < -0.4 is 10.6 Å². The molecule has 1 aromatic rings. The number of hydrogen-bond acceptors (Lipinski definition) is 5. The van der Waals surface area contributed by atoms with E-state index < -0.39 is 5.60 Å². The van der Waals surface area contributed by atoms with Crippen LogP contribution >= 0.6 is 0 Å². The normalized spacial score (nSPS) is 17.2. The molecule has 0 saturated heterocycles. The van der Waals surface area contributed by atoms with Crippen molar-refractivity contribution in [2.75, 3.05) is 18.5 Å². The molecule has 0 unspecified atom stereocenters. The molecule has 5 nitrogen and oxygen atoms in total. The Kier molecular flexibility index (Phi) is 5.17. The number of aliphatic hydroxyl groups is 1. The zero-order valence-corrected chi connectivity index (χ0v) is 13.5. The molecule has 0 aromatic carbocycles. The van der Waals surface area contributed by atoms with E-state index in [0.717, 1.165) is 55.6 Å². The lowest BCUT2D eigenvalue weighted by Gasteiger charge is -2.30. The van der Waals surface area contributed by atoms with Gasteiger partial charge < -0.3 is 15.7 Å². The number of anilines is 1. The number of rotatable bonds is 6. The largest absolute Gasteiger partial charge is 0.388 e. The monoisotopic (exact) mass is 292 g/mol. The number of aromatic nitrogens is 2. The van der Waals surface area contributed by atoms with Crippen LogP contribution in [-0.2, 0) is 19.4 Å². The molecule has 21 heavy (non-hydrogen) atoms. The van der Waals surface area contributed by atoms with Gasteiger partial charge in [-0.15, -0.1) is 5.10 Å². The van der Waals surface area contributed by atoms with E-state index in [1.807, 2.05) is 11.9 Å². The van der Waals surface area contributed by atoms with Gasteiger partial charge in [0.15, 0.2) is 5.82 Å². The molecular weight excluding hydrogens is 264 g/mol. The molecule has 1 aliphatic carbocycles. The summed E-state index contributed by atoms with van der Waals surface area (Å²) < 4.78 is 0. The summed E-state index contributed by atoms with van der Waals surface area (Å²) in [6, 6.07) is 0. The molecule has 1 aromatic heterocycles. The Morgan fingerprint density at radius 2 is 1.81 bits per heavy atom. The Labute approximate surface area is 127 Å². The van der Waals surface area contributed by atoms with E-state index in [1.165, 1.54) is 5.56 Å². The van der Waals surface area contributed by atoms with Crippen molar-refractivity contribution in [1.82, 2.24) is 10.2 Å². The van der Waals surface area contributed by atoms with Crippen molar-refractivity contribution < 1.29 is 5.11 Å². The van der Waals surface area contributed by atoms with Crippen molar-refractivity contribution in [3.8, 4) is 0 Å². The van der Waals surface area contributed by atoms with Gasteiger partial charge in [-0.2, -0.15) is 5.10 Å². The first-order valence-corrected chi connectivity index (χ1v) is 8.05. The molecule has 3 N–H and O–H groups in total. The standard InChI is InChI=1S/C16H28N4O/c1-4-12-13(10-17)15(19-18-14(12)5-2)20(3)11-16(21)8-6-7-9-16/h21H,4-11,17H2,1-3H3. The third-order valence-corrected chi connectivity index (χ3v) is 4.57. The zero-order chi connectivity index (χ0) is 15.5. The lowest BCUT2D eigenvalue weighted by atomic mass is 10.00. The molecule has 1 fully saturated rings. The summed E-state index contributed by atoms with van der Waals surface area (Å²) in [7, 11) is 1.98. The fraction of sp³-hybridized carbons (Fsp3) is 0.750. The Morgan fingerprint density at radius 1 is 1.14 bits per heavy atom. The second kappa shape index (κ2) is 6.71. The number of nitrogens with two attached hydrogens (primary N) is 1. The lowest BCUT2D eigenvalue weighted by Crippen LogP contribution is -2.40. The second-order valence-corrected chi connectivity index (χ2v) is 6.13. The number of aryl methyl sites for hydroxylation is 1. The molecule has 1 aliphatic rings. The summed E-state index contributed by atoms with van der Waals surface area (Å²) in [4.78, 5) is 2.03. The van der Waals surface area contributed by atoms with E-state index in [9.17, 15) is 5.11 Å². The summed E-state index contributed by atoms with van der Waals surface area (Å²) in [5, 5.41) is 19.3. The number of hydrogen-bond donors (Lipinski definition) is 2. The Balaban J connectivity index is 2.29. The van der Waals surface area contributed by atoms with Crippen LogP contribution in [0.5, 0.6) is 0 Å². The minimum absolute atomic E-state index is 0.462. The second-order valence-electron chi connectivity index (χ2n) is 6.13. The van der Waals surface area contributed by atoms with Crippen LogP contribution in [0.25, 0.3) is 0 Å². The van der Waals surface area contributed by atoms with Gasteiger partial charge in [-0.25, -0.2) is 0 Å². The van der Waals surface area contributed by atoms with Crippen molar-refractivity contribution in [1.29, 1.82) is 0 Å². The highest BCUT2D eigenvalue weighted by Gasteiger charge is 2.33. The molecule has 0 spiro atoms. The van der Waals surface area contributed by atoms with Gasteiger partial charge in [-0.05, 0) is 31.2 Å². The minimum Gasteiger partial charge on any atom is -0.388 e. The minimum atomic E-state index is -0.585.